The summed E-state index contributed by atoms with van der Waals surface area (Å²) in [5.74, 6) is 0.944. The summed E-state index contributed by atoms with van der Waals surface area (Å²) in [5.41, 5.74) is 2.61. The molecule has 1 N–H and O–H groups in total. The van der Waals surface area contributed by atoms with Gasteiger partial charge in [0.1, 0.15) is 5.82 Å². The summed E-state index contributed by atoms with van der Waals surface area (Å²) < 4.78 is 2.04. The number of rotatable bonds is 6. The van der Waals surface area contributed by atoms with Crippen LogP contribution in [0.15, 0.2) is 29.4 Å². The molecular weight excluding hydrogens is 280 g/mol. The summed E-state index contributed by atoms with van der Waals surface area (Å²) in [6.07, 6.45) is 0. The van der Waals surface area contributed by atoms with Crippen LogP contribution in [0.5, 0.6) is 0 Å². The van der Waals surface area contributed by atoms with Crippen LogP contribution in [0.25, 0.3) is 0 Å². The number of aromatic nitrogens is 3. The van der Waals surface area contributed by atoms with Gasteiger partial charge in [0.25, 0.3) is 0 Å². The van der Waals surface area contributed by atoms with Crippen LogP contribution in [0.4, 0.5) is 0 Å². The Bertz CT molecular complexity index is 576. The van der Waals surface area contributed by atoms with Gasteiger partial charge in [0.2, 0.25) is 0 Å². The number of benzene rings is 1. The minimum Gasteiger partial charge on any atom is -0.309 e. The predicted molar refractivity (Wildman–Crippen MR) is 88.7 cm³/mol. The molecule has 0 saturated carbocycles. The highest BCUT2D eigenvalue weighted by Crippen LogP contribution is 2.31. The largest absolute Gasteiger partial charge is 0.309 e. The smallest absolute Gasteiger partial charge is 0.191 e. The molecule has 1 aromatic carbocycles. The van der Waals surface area contributed by atoms with Gasteiger partial charge in [-0.25, -0.2) is 0 Å². The number of aryl methyl sites for hydroxylation is 2. The molecule has 1 heterocycles. The molecule has 0 fully saturated rings. The predicted octanol–water partition coefficient (Wildman–Crippen LogP) is 3.26. The van der Waals surface area contributed by atoms with Gasteiger partial charge in [0, 0.05) is 18.3 Å². The van der Waals surface area contributed by atoms with Crippen LogP contribution in [0.1, 0.15) is 36.8 Å². The fourth-order valence-electron chi connectivity index (χ4n) is 2.27. The van der Waals surface area contributed by atoms with Crippen molar-refractivity contribution in [3.8, 4) is 0 Å². The second-order valence-electron chi connectivity index (χ2n) is 5.36. The molecule has 1 aromatic heterocycles. The third kappa shape index (κ3) is 3.86. The molecule has 0 aliphatic carbocycles. The van der Waals surface area contributed by atoms with Gasteiger partial charge in [-0.3, -0.25) is 0 Å². The standard InChI is InChI=1S/C16H24N4S/c1-6-17-15(14-9-7-11(2)8-10-14)12(3)21-16-19-18-13(4)20(16)5/h7-10,12,15,17H,6H2,1-5H3. The van der Waals surface area contributed by atoms with Gasteiger partial charge in [0.15, 0.2) is 5.16 Å². The monoisotopic (exact) mass is 304 g/mol. The van der Waals surface area contributed by atoms with Gasteiger partial charge in [0.05, 0.1) is 0 Å². The zero-order chi connectivity index (χ0) is 15.4. The second-order valence-corrected chi connectivity index (χ2v) is 6.70. The Morgan fingerprint density at radius 1 is 1.19 bits per heavy atom. The van der Waals surface area contributed by atoms with Gasteiger partial charge in [-0.2, -0.15) is 0 Å². The topological polar surface area (TPSA) is 42.7 Å². The lowest BCUT2D eigenvalue weighted by Crippen LogP contribution is -2.28. The van der Waals surface area contributed by atoms with Crippen LogP contribution >= 0.6 is 11.8 Å². The van der Waals surface area contributed by atoms with Crippen LogP contribution in [0, 0.1) is 13.8 Å². The maximum Gasteiger partial charge on any atom is 0.191 e. The van der Waals surface area contributed by atoms with E-state index in [0.717, 1.165) is 17.5 Å². The van der Waals surface area contributed by atoms with E-state index in [1.54, 1.807) is 11.8 Å². The molecule has 5 heteroatoms. The van der Waals surface area contributed by atoms with Crippen molar-refractivity contribution < 1.29 is 0 Å². The molecule has 0 aliphatic rings. The van der Waals surface area contributed by atoms with Crippen LogP contribution < -0.4 is 5.32 Å². The maximum absolute atomic E-state index is 4.25. The highest BCUT2D eigenvalue weighted by atomic mass is 32.2. The van der Waals surface area contributed by atoms with Gasteiger partial charge >= 0.3 is 0 Å². The normalized spacial score (nSPS) is 14.1. The maximum atomic E-state index is 4.25. The number of nitrogens with one attached hydrogen (secondary N) is 1. The first-order chi connectivity index (χ1) is 10.0. The fourth-order valence-corrected chi connectivity index (χ4v) is 3.37. The number of thioether (sulfide) groups is 1. The molecule has 2 rings (SSSR count). The van der Waals surface area contributed by atoms with E-state index in [9.17, 15) is 0 Å². The number of hydrogen-bond donors (Lipinski definition) is 1. The molecule has 0 radical (unpaired) electrons. The van der Waals surface area contributed by atoms with Crippen molar-refractivity contribution in [1.82, 2.24) is 20.1 Å². The van der Waals surface area contributed by atoms with Crippen molar-refractivity contribution in [2.45, 2.75) is 44.1 Å². The summed E-state index contributed by atoms with van der Waals surface area (Å²) >= 11 is 1.76. The molecule has 114 valence electrons. The van der Waals surface area contributed by atoms with E-state index in [-0.39, 0.29) is 0 Å². The van der Waals surface area contributed by atoms with Gasteiger partial charge in [-0.1, -0.05) is 55.4 Å². The van der Waals surface area contributed by atoms with Gasteiger partial charge in [-0.05, 0) is 26.0 Å². The van der Waals surface area contributed by atoms with Crippen LogP contribution in [0.2, 0.25) is 0 Å². The van der Waals surface area contributed by atoms with Crippen LogP contribution in [-0.4, -0.2) is 26.6 Å². The molecular formula is C16H24N4S. The van der Waals surface area contributed by atoms with Crippen molar-refractivity contribution >= 4 is 11.8 Å². The summed E-state index contributed by atoms with van der Waals surface area (Å²) in [6.45, 7) is 9.42. The van der Waals surface area contributed by atoms with Crippen LogP contribution in [-0.2, 0) is 7.05 Å². The SMILES string of the molecule is CCNC(c1ccc(C)cc1)C(C)Sc1nnc(C)n1C. The lowest BCUT2D eigenvalue weighted by atomic mass is 10.0. The molecule has 0 aliphatic heterocycles. The quantitative estimate of drug-likeness (QED) is 0.832. The Labute approximate surface area is 131 Å². The zero-order valence-corrected chi connectivity index (χ0v) is 14.2. The van der Waals surface area contributed by atoms with Gasteiger partial charge in [-0.15, -0.1) is 10.2 Å². The van der Waals surface area contributed by atoms with E-state index in [1.807, 2.05) is 18.5 Å². The molecule has 2 unspecified atom stereocenters. The van der Waals surface area contributed by atoms with Crippen molar-refractivity contribution in [1.29, 1.82) is 0 Å². The summed E-state index contributed by atoms with van der Waals surface area (Å²) in [5, 5.41) is 13.3. The Hall–Kier alpha value is -1.33. The minimum absolute atomic E-state index is 0.303. The summed E-state index contributed by atoms with van der Waals surface area (Å²) in [6, 6.07) is 9.06. The molecule has 0 bridgehead atoms. The fraction of sp³-hybridized carbons (Fsp3) is 0.500. The van der Waals surface area contributed by atoms with E-state index in [1.165, 1.54) is 11.1 Å². The average molecular weight is 304 g/mol. The van der Waals surface area contributed by atoms with E-state index in [4.69, 9.17) is 0 Å². The lowest BCUT2D eigenvalue weighted by molar-refractivity contribution is 0.546. The van der Waals surface area contributed by atoms with Crippen molar-refractivity contribution in [3.05, 3.63) is 41.2 Å². The Balaban J connectivity index is 2.17. The first-order valence-electron chi connectivity index (χ1n) is 7.35. The summed E-state index contributed by atoms with van der Waals surface area (Å²) in [4.78, 5) is 0. The minimum atomic E-state index is 0.303. The van der Waals surface area contributed by atoms with Crippen molar-refractivity contribution in [2.75, 3.05) is 6.54 Å². The molecule has 2 aromatic rings. The first kappa shape index (κ1) is 16.0. The third-order valence-electron chi connectivity index (χ3n) is 3.67. The number of hydrogen-bond acceptors (Lipinski definition) is 4. The molecule has 0 spiro atoms. The van der Waals surface area contributed by atoms with Gasteiger partial charge < -0.3 is 9.88 Å². The molecule has 0 saturated heterocycles. The third-order valence-corrected chi connectivity index (χ3v) is 4.88. The number of nitrogens with zero attached hydrogens (tertiary/aromatic N) is 3. The second kappa shape index (κ2) is 7.09. The Morgan fingerprint density at radius 2 is 1.86 bits per heavy atom. The Morgan fingerprint density at radius 3 is 2.38 bits per heavy atom. The summed E-state index contributed by atoms with van der Waals surface area (Å²) in [7, 11) is 2.01. The molecule has 21 heavy (non-hydrogen) atoms. The first-order valence-corrected chi connectivity index (χ1v) is 8.23. The van der Waals surface area contributed by atoms with Crippen molar-refractivity contribution in [3.63, 3.8) is 0 Å². The van der Waals surface area contributed by atoms with E-state index < -0.39 is 0 Å². The lowest BCUT2D eigenvalue weighted by Gasteiger charge is -2.24. The molecule has 4 nitrogen and oxygen atoms in total. The van der Waals surface area contributed by atoms with Crippen LogP contribution in [0.3, 0.4) is 0 Å². The Kier molecular flexibility index (Phi) is 5.42. The highest BCUT2D eigenvalue weighted by Gasteiger charge is 2.21. The van der Waals surface area contributed by atoms with E-state index in [2.05, 4.69) is 60.6 Å². The van der Waals surface area contributed by atoms with E-state index in [0.29, 0.717) is 11.3 Å². The zero-order valence-electron chi connectivity index (χ0n) is 13.4. The average Bonchev–Trinajstić information content (AvgIpc) is 2.78. The highest BCUT2D eigenvalue weighted by molar-refractivity contribution is 7.99. The van der Waals surface area contributed by atoms with Crippen molar-refractivity contribution in [2.24, 2.45) is 7.05 Å². The van der Waals surface area contributed by atoms with E-state index >= 15 is 0 Å². The molecule has 2 atom stereocenters. The molecule has 0 amide bonds.